The average Bonchev–Trinajstić information content (AvgIpc) is 2.82. The number of halogens is 1. The van der Waals surface area contributed by atoms with Gasteiger partial charge >= 0.3 is 0 Å². The Labute approximate surface area is 95.6 Å². The molecule has 0 bridgehead atoms. The molecule has 0 aromatic heterocycles. The summed E-state index contributed by atoms with van der Waals surface area (Å²) in [7, 11) is 0. The lowest BCUT2D eigenvalue weighted by Crippen LogP contribution is -2.44. The minimum Gasteiger partial charge on any atom is -0.381 e. The van der Waals surface area contributed by atoms with Gasteiger partial charge in [0.2, 0.25) is 0 Å². The Morgan fingerprint density at radius 3 is 2.94 bits per heavy atom. The van der Waals surface area contributed by atoms with E-state index in [1.165, 1.54) is 6.07 Å². The minimum absolute atomic E-state index is 0.223. The quantitative estimate of drug-likeness (QED) is 0.854. The molecule has 88 valence electrons. The maximum Gasteiger partial charge on any atom is 0.123 e. The average molecular weight is 223 g/mol. The van der Waals surface area contributed by atoms with Gasteiger partial charge < -0.3 is 10.5 Å². The van der Waals surface area contributed by atoms with Crippen LogP contribution >= 0.6 is 0 Å². The molecule has 1 aliphatic rings. The van der Waals surface area contributed by atoms with Crippen LogP contribution in [0.1, 0.15) is 25.3 Å². The molecule has 2 unspecified atom stereocenters. The summed E-state index contributed by atoms with van der Waals surface area (Å²) in [5.74, 6) is 0.0685. The number of rotatable bonds is 3. The van der Waals surface area contributed by atoms with Crippen molar-refractivity contribution in [3.63, 3.8) is 0 Å². The predicted molar refractivity (Wildman–Crippen MR) is 61.5 cm³/mol. The summed E-state index contributed by atoms with van der Waals surface area (Å²) >= 11 is 0. The molecule has 16 heavy (non-hydrogen) atoms. The molecule has 1 fully saturated rings. The highest BCUT2D eigenvalue weighted by molar-refractivity contribution is 5.26. The number of hydrogen-bond acceptors (Lipinski definition) is 2. The lowest BCUT2D eigenvalue weighted by molar-refractivity contribution is 0.159. The van der Waals surface area contributed by atoms with Crippen molar-refractivity contribution in [2.24, 2.45) is 11.7 Å². The van der Waals surface area contributed by atoms with Gasteiger partial charge in [-0.2, -0.15) is 0 Å². The van der Waals surface area contributed by atoms with Crippen LogP contribution in [-0.2, 0) is 10.3 Å². The van der Waals surface area contributed by atoms with E-state index in [4.69, 9.17) is 10.5 Å². The van der Waals surface area contributed by atoms with E-state index in [9.17, 15) is 4.39 Å². The highest BCUT2D eigenvalue weighted by Gasteiger charge is 2.37. The lowest BCUT2D eigenvalue weighted by atomic mass is 9.76. The van der Waals surface area contributed by atoms with E-state index in [0.717, 1.165) is 25.0 Å². The van der Waals surface area contributed by atoms with E-state index in [-0.39, 0.29) is 5.82 Å². The van der Waals surface area contributed by atoms with E-state index < -0.39 is 5.54 Å². The third-order valence-electron chi connectivity index (χ3n) is 3.61. The molecule has 1 aromatic rings. The standard InChI is InChI=1S/C13H18FNO/c1-2-13(15,11-6-7-16-9-11)10-4-3-5-12(14)8-10/h3-5,8,11H,2,6-7,9,15H2,1H3. The van der Waals surface area contributed by atoms with Crippen molar-refractivity contribution < 1.29 is 9.13 Å². The maximum absolute atomic E-state index is 13.2. The van der Waals surface area contributed by atoms with Gasteiger partial charge in [0.15, 0.2) is 0 Å². The van der Waals surface area contributed by atoms with Gasteiger partial charge in [-0.3, -0.25) is 0 Å². The molecule has 0 spiro atoms. The van der Waals surface area contributed by atoms with Crippen molar-refractivity contribution >= 4 is 0 Å². The number of benzene rings is 1. The van der Waals surface area contributed by atoms with Crippen molar-refractivity contribution in [3.05, 3.63) is 35.6 Å². The van der Waals surface area contributed by atoms with Crippen LogP contribution in [0.5, 0.6) is 0 Å². The molecule has 0 aliphatic carbocycles. The summed E-state index contributed by atoms with van der Waals surface area (Å²) in [4.78, 5) is 0. The van der Waals surface area contributed by atoms with Gasteiger partial charge in [0, 0.05) is 18.1 Å². The fraction of sp³-hybridized carbons (Fsp3) is 0.538. The zero-order valence-electron chi connectivity index (χ0n) is 9.58. The molecular formula is C13H18FNO. The van der Waals surface area contributed by atoms with E-state index in [2.05, 4.69) is 0 Å². The molecule has 0 radical (unpaired) electrons. The van der Waals surface area contributed by atoms with E-state index in [1.54, 1.807) is 12.1 Å². The van der Waals surface area contributed by atoms with Crippen molar-refractivity contribution in [1.82, 2.24) is 0 Å². The van der Waals surface area contributed by atoms with Crippen molar-refractivity contribution in [2.75, 3.05) is 13.2 Å². The first kappa shape index (κ1) is 11.6. The largest absolute Gasteiger partial charge is 0.381 e. The van der Waals surface area contributed by atoms with Gasteiger partial charge in [-0.25, -0.2) is 4.39 Å². The summed E-state index contributed by atoms with van der Waals surface area (Å²) in [5, 5.41) is 0. The van der Waals surface area contributed by atoms with Gasteiger partial charge in [-0.05, 0) is 30.5 Å². The third kappa shape index (κ3) is 1.97. The second-order valence-electron chi connectivity index (χ2n) is 4.46. The molecule has 2 atom stereocenters. The van der Waals surface area contributed by atoms with Crippen LogP contribution in [0.25, 0.3) is 0 Å². The lowest BCUT2D eigenvalue weighted by Gasteiger charge is -2.34. The Morgan fingerprint density at radius 2 is 2.38 bits per heavy atom. The number of ether oxygens (including phenoxy) is 1. The SMILES string of the molecule is CCC(N)(c1cccc(F)c1)C1CCOC1. The molecule has 1 aromatic carbocycles. The topological polar surface area (TPSA) is 35.2 Å². The molecule has 1 saturated heterocycles. The number of hydrogen-bond donors (Lipinski definition) is 1. The molecule has 2 nitrogen and oxygen atoms in total. The highest BCUT2D eigenvalue weighted by atomic mass is 19.1. The van der Waals surface area contributed by atoms with E-state index >= 15 is 0 Å². The summed E-state index contributed by atoms with van der Waals surface area (Å²) in [6, 6.07) is 6.62. The summed E-state index contributed by atoms with van der Waals surface area (Å²) in [6.07, 6.45) is 1.76. The van der Waals surface area contributed by atoms with Crippen LogP contribution < -0.4 is 5.73 Å². The fourth-order valence-electron chi connectivity index (χ4n) is 2.45. The normalized spacial score (nSPS) is 24.3. The first-order valence-corrected chi connectivity index (χ1v) is 5.79. The van der Waals surface area contributed by atoms with Gasteiger partial charge in [-0.1, -0.05) is 19.1 Å². The molecule has 0 saturated carbocycles. The van der Waals surface area contributed by atoms with Crippen LogP contribution in [0, 0.1) is 11.7 Å². The first-order chi connectivity index (χ1) is 7.66. The molecular weight excluding hydrogens is 205 g/mol. The van der Waals surface area contributed by atoms with E-state index in [1.807, 2.05) is 13.0 Å². The monoisotopic (exact) mass is 223 g/mol. The Hall–Kier alpha value is -0.930. The van der Waals surface area contributed by atoms with Gasteiger partial charge in [0.1, 0.15) is 5.82 Å². The summed E-state index contributed by atoms with van der Waals surface area (Å²) in [5.41, 5.74) is 6.87. The Balaban J connectivity index is 2.32. The predicted octanol–water partition coefficient (Wildman–Crippen LogP) is 2.43. The fourth-order valence-corrected chi connectivity index (χ4v) is 2.45. The van der Waals surface area contributed by atoms with Crippen molar-refractivity contribution in [2.45, 2.75) is 25.3 Å². The molecule has 0 amide bonds. The van der Waals surface area contributed by atoms with Crippen LogP contribution in [0.15, 0.2) is 24.3 Å². The molecule has 2 rings (SSSR count). The van der Waals surface area contributed by atoms with Crippen molar-refractivity contribution in [3.8, 4) is 0 Å². The van der Waals surface area contributed by atoms with Gasteiger partial charge in [-0.15, -0.1) is 0 Å². The zero-order chi connectivity index (χ0) is 11.6. The van der Waals surface area contributed by atoms with E-state index in [0.29, 0.717) is 12.5 Å². The Morgan fingerprint density at radius 1 is 1.56 bits per heavy atom. The molecule has 2 N–H and O–H groups in total. The van der Waals surface area contributed by atoms with Gasteiger partial charge in [0.25, 0.3) is 0 Å². The minimum atomic E-state index is -0.460. The molecule has 1 aliphatic heterocycles. The van der Waals surface area contributed by atoms with Crippen LogP contribution in [0.3, 0.4) is 0 Å². The third-order valence-corrected chi connectivity index (χ3v) is 3.61. The van der Waals surface area contributed by atoms with Crippen LogP contribution in [-0.4, -0.2) is 13.2 Å². The Kier molecular flexibility index (Phi) is 3.26. The Bertz CT molecular complexity index is 363. The second kappa shape index (κ2) is 4.52. The summed E-state index contributed by atoms with van der Waals surface area (Å²) < 4.78 is 18.6. The zero-order valence-corrected chi connectivity index (χ0v) is 9.58. The number of nitrogens with two attached hydrogens (primary N) is 1. The second-order valence-corrected chi connectivity index (χ2v) is 4.46. The van der Waals surface area contributed by atoms with Crippen LogP contribution in [0.2, 0.25) is 0 Å². The van der Waals surface area contributed by atoms with Gasteiger partial charge in [0.05, 0.1) is 6.61 Å². The smallest absolute Gasteiger partial charge is 0.123 e. The maximum atomic E-state index is 13.2. The molecule has 3 heteroatoms. The molecule has 1 heterocycles. The van der Waals surface area contributed by atoms with Crippen LogP contribution in [0.4, 0.5) is 4.39 Å². The summed E-state index contributed by atoms with van der Waals surface area (Å²) in [6.45, 7) is 3.49. The highest BCUT2D eigenvalue weighted by Crippen LogP contribution is 2.35. The first-order valence-electron chi connectivity index (χ1n) is 5.79. The van der Waals surface area contributed by atoms with Crippen molar-refractivity contribution in [1.29, 1.82) is 0 Å².